The first kappa shape index (κ1) is 35.6. The van der Waals surface area contributed by atoms with E-state index in [9.17, 15) is 19.8 Å². The van der Waals surface area contributed by atoms with Gasteiger partial charge in [0.05, 0.1) is 95.9 Å². The maximum atomic E-state index is 10.4. The highest BCUT2D eigenvalue weighted by molar-refractivity contribution is 5.37. The molecule has 0 aromatic heterocycles. The van der Waals surface area contributed by atoms with Crippen molar-refractivity contribution in [2.24, 2.45) is 5.41 Å². The maximum Gasteiger partial charge on any atom is 0.293 e. The van der Waals surface area contributed by atoms with Crippen LogP contribution in [0.4, 0.5) is 0 Å². The molecule has 0 radical (unpaired) electrons. The Bertz CT molecular complexity index is 512. The van der Waals surface area contributed by atoms with Crippen molar-refractivity contribution in [1.82, 2.24) is 0 Å². The van der Waals surface area contributed by atoms with Gasteiger partial charge in [-0.1, -0.05) is 0 Å². The summed E-state index contributed by atoms with van der Waals surface area (Å²) in [6, 6.07) is 0. The largest absolute Gasteiger partial charge is 0.462 e. The molecule has 12 nitrogen and oxygen atoms in total. The monoisotopic (exact) mass is 540 g/mol. The molecule has 0 saturated carbocycles. The smallest absolute Gasteiger partial charge is 0.293 e. The van der Waals surface area contributed by atoms with Gasteiger partial charge < -0.3 is 48.1 Å². The van der Waals surface area contributed by atoms with Crippen LogP contribution in [0.25, 0.3) is 0 Å². The molecular weight excluding hydrogens is 492 g/mol. The number of rotatable bonds is 26. The van der Waals surface area contributed by atoms with Crippen LogP contribution in [0.3, 0.4) is 0 Å². The van der Waals surface area contributed by atoms with Crippen molar-refractivity contribution in [1.29, 1.82) is 0 Å². The summed E-state index contributed by atoms with van der Waals surface area (Å²) in [4.78, 5) is 20.8. The second-order valence-electron chi connectivity index (χ2n) is 9.63. The topological polar surface area (TPSA) is 148 Å². The fourth-order valence-corrected chi connectivity index (χ4v) is 2.99. The Morgan fingerprint density at radius 1 is 0.541 bits per heavy atom. The van der Waals surface area contributed by atoms with Crippen molar-refractivity contribution in [3.8, 4) is 0 Å². The zero-order valence-corrected chi connectivity index (χ0v) is 23.2. The lowest BCUT2D eigenvalue weighted by Gasteiger charge is -2.34. The van der Waals surface area contributed by atoms with Gasteiger partial charge in [-0.05, 0) is 41.5 Å². The molecule has 0 amide bonds. The lowest BCUT2D eigenvalue weighted by Crippen LogP contribution is -2.44. The summed E-state index contributed by atoms with van der Waals surface area (Å²) >= 11 is 0. The van der Waals surface area contributed by atoms with E-state index >= 15 is 0 Å². The van der Waals surface area contributed by atoms with Crippen molar-refractivity contribution >= 4 is 12.9 Å². The number of carbonyl (C=O) groups is 2. The zero-order chi connectivity index (χ0) is 28.1. The van der Waals surface area contributed by atoms with Crippen molar-refractivity contribution in [2.75, 3.05) is 66.1 Å². The molecule has 2 N–H and O–H groups in total. The Morgan fingerprint density at radius 2 is 0.865 bits per heavy atom. The molecule has 0 aromatic rings. The molecule has 0 aliphatic heterocycles. The van der Waals surface area contributed by atoms with Crippen molar-refractivity contribution < 1.29 is 57.7 Å². The van der Waals surface area contributed by atoms with Gasteiger partial charge in [0.2, 0.25) is 0 Å². The molecule has 0 saturated heterocycles. The van der Waals surface area contributed by atoms with E-state index in [1.165, 1.54) is 0 Å². The van der Waals surface area contributed by atoms with Gasteiger partial charge >= 0.3 is 0 Å². The lowest BCUT2D eigenvalue weighted by atomic mass is 9.92. The highest BCUT2D eigenvalue weighted by Gasteiger charge is 2.33. The predicted molar refractivity (Wildman–Crippen MR) is 133 cm³/mol. The second-order valence-corrected chi connectivity index (χ2v) is 9.63. The second kappa shape index (κ2) is 21.5. The van der Waals surface area contributed by atoms with E-state index in [4.69, 9.17) is 37.9 Å². The molecule has 0 rings (SSSR count). The fraction of sp³-hybridized carbons (Fsp3) is 0.920. The summed E-state index contributed by atoms with van der Waals surface area (Å²) in [5.41, 5.74) is -0.745. The standard InChI is InChI=1S/C25H48O12/c1-19(28)7-30-13-25(14-31-8-20(2)29,15-32-9-21(3)34-11-23(5)36-17-26)16-33-10-22(4)35-12-24(6)37-18-27/h17-24,28-29H,7-16H2,1-6H3. The predicted octanol–water partition coefficient (Wildman–Crippen LogP) is 0.734. The normalized spacial score (nSPS) is 18.2. The number of hydrogen-bond acceptors (Lipinski definition) is 12. The van der Waals surface area contributed by atoms with E-state index < -0.39 is 17.6 Å². The number of ether oxygens (including phenoxy) is 8. The third kappa shape index (κ3) is 20.3. The average molecular weight is 541 g/mol. The lowest BCUT2D eigenvalue weighted by molar-refractivity contribution is -0.144. The molecule has 6 atom stereocenters. The first-order valence-corrected chi connectivity index (χ1v) is 12.6. The third-order valence-corrected chi connectivity index (χ3v) is 4.86. The van der Waals surface area contributed by atoms with Crippen LogP contribution >= 0.6 is 0 Å². The van der Waals surface area contributed by atoms with Gasteiger partial charge in [-0.25, -0.2) is 0 Å². The minimum Gasteiger partial charge on any atom is -0.462 e. The van der Waals surface area contributed by atoms with E-state index in [1.54, 1.807) is 27.7 Å². The van der Waals surface area contributed by atoms with Crippen LogP contribution in [-0.4, -0.2) is 126 Å². The van der Waals surface area contributed by atoms with E-state index in [0.29, 0.717) is 12.9 Å². The number of aliphatic hydroxyl groups excluding tert-OH is 2. The Kier molecular flexibility index (Phi) is 20.7. The third-order valence-electron chi connectivity index (χ3n) is 4.86. The Labute approximate surface area is 220 Å². The summed E-state index contributed by atoms with van der Waals surface area (Å²) in [5.74, 6) is 0. The van der Waals surface area contributed by atoms with E-state index in [2.05, 4.69) is 0 Å². The molecule has 6 unspecified atom stereocenters. The van der Waals surface area contributed by atoms with Crippen LogP contribution in [0.1, 0.15) is 41.5 Å². The molecule has 0 spiro atoms. The highest BCUT2D eigenvalue weighted by Crippen LogP contribution is 2.22. The Morgan fingerprint density at radius 3 is 1.16 bits per heavy atom. The molecule has 0 fully saturated rings. The first-order valence-electron chi connectivity index (χ1n) is 12.6. The summed E-state index contributed by atoms with van der Waals surface area (Å²) in [7, 11) is 0. The van der Waals surface area contributed by atoms with Gasteiger partial charge in [-0.3, -0.25) is 9.59 Å². The molecule has 220 valence electrons. The van der Waals surface area contributed by atoms with E-state index in [-0.39, 0.29) is 90.5 Å². The fourth-order valence-electron chi connectivity index (χ4n) is 2.99. The zero-order valence-electron chi connectivity index (χ0n) is 23.2. The number of hydrogen-bond donors (Lipinski definition) is 2. The van der Waals surface area contributed by atoms with Crippen molar-refractivity contribution in [3.63, 3.8) is 0 Å². The van der Waals surface area contributed by atoms with Gasteiger partial charge in [0.1, 0.15) is 12.2 Å². The molecule has 37 heavy (non-hydrogen) atoms. The van der Waals surface area contributed by atoms with Gasteiger partial charge in [-0.15, -0.1) is 0 Å². The van der Waals surface area contributed by atoms with Crippen LogP contribution in [0.5, 0.6) is 0 Å². The molecule has 0 aliphatic carbocycles. The molecule has 0 bridgehead atoms. The van der Waals surface area contributed by atoms with E-state index in [1.807, 2.05) is 13.8 Å². The minimum atomic E-state index is -0.745. The Hall–Kier alpha value is -1.38. The summed E-state index contributed by atoms with van der Waals surface area (Å²) in [6.45, 7) is 13.1. The van der Waals surface area contributed by atoms with Gasteiger partial charge in [0.25, 0.3) is 12.9 Å². The quantitative estimate of drug-likeness (QED) is 0.149. The van der Waals surface area contributed by atoms with Crippen molar-refractivity contribution in [3.05, 3.63) is 0 Å². The molecule has 0 aromatic carbocycles. The summed E-state index contributed by atoms with van der Waals surface area (Å²) < 4.78 is 44.3. The molecular formula is C25H48O12. The van der Waals surface area contributed by atoms with Crippen LogP contribution in [0.2, 0.25) is 0 Å². The highest BCUT2D eigenvalue weighted by atomic mass is 16.6. The number of carbonyl (C=O) groups excluding carboxylic acids is 2. The average Bonchev–Trinajstić information content (AvgIpc) is 2.81. The summed E-state index contributed by atoms with van der Waals surface area (Å²) in [5, 5.41) is 19.3. The van der Waals surface area contributed by atoms with Crippen LogP contribution in [0, 0.1) is 5.41 Å². The molecule has 0 aliphatic rings. The maximum absolute atomic E-state index is 10.4. The van der Waals surface area contributed by atoms with Gasteiger partial charge in [0.15, 0.2) is 0 Å². The van der Waals surface area contributed by atoms with Crippen LogP contribution in [-0.2, 0) is 47.5 Å². The van der Waals surface area contributed by atoms with Crippen molar-refractivity contribution in [2.45, 2.75) is 78.2 Å². The van der Waals surface area contributed by atoms with Crippen LogP contribution < -0.4 is 0 Å². The first-order chi connectivity index (χ1) is 17.5. The Balaban J connectivity index is 5.07. The molecule has 12 heteroatoms. The summed E-state index contributed by atoms with van der Waals surface area (Å²) in [6.07, 6.45) is -2.56. The van der Waals surface area contributed by atoms with Crippen LogP contribution in [0.15, 0.2) is 0 Å². The number of aliphatic hydroxyl groups is 2. The minimum absolute atomic E-state index is 0.125. The molecule has 0 heterocycles. The van der Waals surface area contributed by atoms with Gasteiger partial charge in [-0.2, -0.15) is 0 Å². The SMILES string of the molecule is CC(O)COCC(COCC(C)O)(COCC(C)OCC(C)OC=O)COCC(C)OCC(C)OC=O. The van der Waals surface area contributed by atoms with E-state index in [0.717, 1.165) is 0 Å². The van der Waals surface area contributed by atoms with Gasteiger partial charge in [0, 0.05) is 0 Å².